The maximum Gasteiger partial charge on any atom is 0.308 e. The van der Waals surface area contributed by atoms with Crippen molar-refractivity contribution in [2.24, 2.45) is 0 Å². The number of esters is 1. The molecule has 0 saturated carbocycles. The Bertz CT molecular complexity index is 766. The Morgan fingerprint density at radius 3 is 1.57 bits per heavy atom. The summed E-state index contributed by atoms with van der Waals surface area (Å²) < 4.78 is 11.1. The van der Waals surface area contributed by atoms with Crippen LogP contribution in [0.1, 0.15) is 23.1 Å². The summed E-state index contributed by atoms with van der Waals surface area (Å²) in [6.45, 7) is -0.0201. The zero-order chi connectivity index (χ0) is 19.8. The second-order valence-corrected chi connectivity index (χ2v) is 6.52. The van der Waals surface area contributed by atoms with E-state index in [9.17, 15) is 9.90 Å². The third-order valence-electron chi connectivity index (χ3n) is 4.66. The second-order valence-electron chi connectivity index (χ2n) is 6.52. The Morgan fingerprint density at radius 1 is 0.821 bits per heavy atom. The number of ether oxygens (including phenoxy) is 2. The molecule has 1 N–H and O–H groups in total. The highest BCUT2D eigenvalue weighted by atomic mass is 16.5. The Hall–Kier alpha value is -2.95. The van der Waals surface area contributed by atoms with Crippen LogP contribution in [0.3, 0.4) is 0 Å². The lowest BCUT2D eigenvalue weighted by atomic mass is 9.80. The average molecular weight is 376 g/mol. The molecule has 28 heavy (non-hydrogen) atoms. The van der Waals surface area contributed by atoms with Gasteiger partial charge in [-0.2, -0.15) is 0 Å². The van der Waals surface area contributed by atoms with Gasteiger partial charge >= 0.3 is 5.97 Å². The average Bonchev–Trinajstić information content (AvgIpc) is 2.76. The van der Waals surface area contributed by atoms with Crippen LogP contribution in [0.15, 0.2) is 91.0 Å². The standard InChI is InChI=1S/C24H24O4/c1-27-23(26)17-22(25)18-28-24(19-11-5-2-6-12-19,20-13-7-3-8-14-20)21-15-9-4-10-16-21/h2-16,22,25H,17-18H2,1H3/t22-/m1/s1. The maximum absolute atomic E-state index is 11.5. The van der Waals surface area contributed by atoms with E-state index >= 15 is 0 Å². The molecule has 4 nitrogen and oxygen atoms in total. The molecular weight excluding hydrogens is 352 g/mol. The molecule has 1 atom stereocenters. The molecule has 3 aromatic carbocycles. The fourth-order valence-corrected chi connectivity index (χ4v) is 3.32. The number of aliphatic hydroxyl groups is 1. The quantitative estimate of drug-likeness (QED) is 0.478. The number of methoxy groups -OCH3 is 1. The van der Waals surface area contributed by atoms with E-state index in [1.807, 2.05) is 91.0 Å². The largest absolute Gasteiger partial charge is 0.469 e. The van der Waals surface area contributed by atoms with Gasteiger partial charge in [-0.05, 0) is 16.7 Å². The van der Waals surface area contributed by atoms with Gasteiger partial charge in [0.05, 0.1) is 26.2 Å². The highest BCUT2D eigenvalue weighted by Gasteiger charge is 2.38. The Labute approximate surface area is 165 Å². The van der Waals surface area contributed by atoms with Crippen LogP contribution in [0.4, 0.5) is 0 Å². The summed E-state index contributed by atoms with van der Waals surface area (Å²) in [6, 6.07) is 29.7. The molecule has 0 aromatic heterocycles. The minimum atomic E-state index is -0.969. The van der Waals surface area contributed by atoms with Crippen molar-refractivity contribution in [1.82, 2.24) is 0 Å². The molecule has 0 saturated heterocycles. The van der Waals surface area contributed by atoms with Crippen LogP contribution in [0, 0.1) is 0 Å². The number of hydrogen-bond donors (Lipinski definition) is 1. The third-order valence-corrected chi connectivity index (χ3v) is 4.66. The third kappa shape index (κ3) is 4.30. The lowest BCUT2D eigenvalue weighted by Crippen LogP contribution is -2.36. The van der Waals surface area contributed by atoms with Crippen molar-refractivity contribution in [3.05, 3.63) is 108 Å². The molecule has 0 heterocycles. The van der Waals surface area contributed by atoms with Crippen molar-refractivity contribution in [3.8, 4) is 0 Å². The molecule has 0 fully saturated rings. The van der Waals surface area contributed by atoms with E-state index in [0.29, 0.717) is 0 Å². The zero-order valence-corrected chi connectivity index (χ0v) is 15.8. The summed E-state index contributed by atoms with van der Waals surface area (Å²) >= 11 is 0. The van der Waals surface area contributed by atoms with Gasteiger partial charge in [0.2, 0.25) is 0 Å². The van der Waals surface area contributed by atoms with E-state index in [-0.39, 0.29) is 13.0 Å². The molecule has 3 aromatic rings. The molecule has 0 aliphatic rings. The molecule has 144 valence electrons. The van der Waals surface area contributed by atoms with E-state index in [1.54, 1.807) is 0 Å². The molecule has 0 spiro atoms. The van der Waals surface area contributed by atoms with Crippen LogP contribution >= 0.6 is 0 Å². The Kier molecular flexibility index (Phi) is 6.58. The maximum atomic E-state index is 11.5. The predicted octanol–water partition coefficient (Wildman–Crippen LogP) is 3.92. The molecular formula is C24H24O4. The first-order valence-corrected chi connectivity index (χ1v) is 9.22. The molecule has 0 bridgehead atoms. The van der Waals surface area contributed by atoms with Gasteiger partial charge in [-0.1, -0.05) is 91.0 Å². The molecule has 0 amide bonds. The minimum absolute atomic E-state index is 0.0201. The van der Waals surface area contributed by atoms with Crippen molar-refractivity contribution in [1.29, 1.82) is 0 Å². The highest BCUT2D eigenvalue weighted by molar-refractivity contribution is 5.69. The Balaban J connectivity index is 2.07. The van der Waals surface area contributed by atoms with Crippen molar-refractivity contribution in [2.75, 3.05) is 13.7 Å². The van der Waals surface area contributed by atoms with E-state index < -0.39 is 17.7 Å². The van der Waals surface area contributed by atoms with Crippen molar-refractivity contribution >= 4 is 5.97 Å². The molecule has 3 rings (SSSR count). The summed E-state index contributed by atoms with van der Waals surface area (Å²) in [5.41, 5.74) is 1.91. The fourth-order valence-electron chi connectivity index (χ4n) is 3.32. The number of rotatable bonds is 8. The van der Waals surface area contributed by atoms with Crippen LogP contribution in [0.5, 0.6) is 0 Å². The van der Waals surface area contributed by atoms with E-state index in [0.717, 1.165) is 16.7 Å². The predicted molar refractivity (Wildman–Crippen MR) is 108 cm³/mol. The van der Waals surface area contributed by atoms with Crippen LogP contribution in [-0.2, 0) is 19.9 Å². The van der Waals surface area contributed by atoms with Gasteiger partial charge in [0.15, 0.2) is 0 Å². The van der Waals surface area contributed by atoms with E-state index in [4.69, 9.17) is 4.74 Å². The highest BCUT2D eigenvalue weighted by Crippen LogP contribution is 2.40. The Morgan fingerprint density at radius 2 is 1.21 bits per heavy atom. The van der Waals surface area contributed by atoms with Crippen molar-refractivity contribution in [3.63, 3.8) is 0 Å². The van der Waals surface area contributed by atoms with Crippen LogP contribution in [-0.4, -0.2) is 30.9 Å². The molecule has 0 aliphatic carbocycles. The van der Waals surface area contributed by atoms with Gasteiger partial charge in [0, 0.05) is 0 Å². The molecule has 0 radical (unpaired) electrons. The monoisotopic (exact) mass is 376 g/mol. The van der Waals surface area contributed by atoms with Crippen molar-refractivity contribution in [2.45, 2.75) is 18.1 Å². The summed E-state index contributed by atoms with van der Waals surface area (Å²) in [7, 11) is 1.30. The molecule has 0 aliphatic heterocycles. The zero-order valence-electron chi connectivity index (χ0n) is 15.8. The summed E-state index contributed by atoms with van der Waals surface area (Å²) in [6.07, 6.45) is -1.09. The molecule has 4 heteroatoms. The number of aliphatic hydroxyl groups excluding tert-OH is 1. The lowest BCUT2D eigenvalue weighted by Gasteiger charge is -2.36. The van der Waals surface area contributed by atoms with Crippen LogP contribution in [0.25, 0.3) is 0 Å². The van der Waals surface area contributed by atoms with E-state index in [2.05, 4.69) is 4.74 Å². The van der Waals surface area contributed by atoms with Crippen LogP contribution in [0.2, 0.25) is 0 Å². The summed E-state index contributed by atoms with van der Waals surface area (Å²) in [5, 5.41) is 10.3. The van der Waals surface area contributed by atoms with Gasteiger partial charge in [-0.25, -0.2) is 0 Å². The van der Waals surface area contributed by atoms with Gasteiger partial charge in [-0.15, -0.1) is 0 Å². The van der Waals surface area contributed by atoms with Crippen molar-refractivity contribution < 1.29 is 19.4 Å². The SMILES string of the molecule is COC(=O)C[C@@H](O)COC(c1ccccc1)(c1ccccc1)c1ccccc1. The minimum Gasteiger partial charge on any atom is -0.469 e. The smallest absolute Gasteiger partial charge is 0.308 e. The summed E-state index contributed by atoms with van der Waals surface area (Å²) in [4.78, 5) is 11.5. The van der Waals surface area contributed by atoms with Gasteiger partial charge in [0.25, 0.3) is 0 Å². The van der Waals surface area contributed by atoms with Gasteiger partial charge in [0.1, 0.15) is 5.60 Å². The first kappa shape index (κ1) is 19.8. The first-order chi connectivity index (χ1) is 13.7. The van der Waals surface area contributed by atoms with E-state index in [1.165, 1.54) is 7.11 Å². The number of hydrogen-bond acceptors (Lipinski definition) is 4. The lowest BCUT2D eigenvalue weighted by molar-refractivity contribution is -0.144. The van der Waals surface area contributed by atoms with Crippen LogP contribution < -0.4 is 0 Å². The number of benzene rings is 3. The van der Waals surface area contributed by atoms with Gasteiger partial charge in [-0.3, -0.25) is 4.79 Å². The molecule has 0 unspecified atom stereocenters. The first-order valence-electron chi connectivity index (χ1n) is 9.22. The fraction of sp³-hybridized carbons (Fsp3) is 0.208. The normalized spacial score (nSPS) is 12.4. The van der Waals surface area contributed by atoms with Gasteiger partial charge < -0.3 is 14.6 Å². The topological polar surface area (TPSA) is 55.8 Å². The second kappa shape index (κ2) is 9.31. The number of carbonyl (C=O) groups excluding carboxylic acids is 1. The number of carbonyl (C=O) groups is 1. The summed E-state index contributed by atoms with van der Waals surface area (Å²) in [5.74, 6) is -0.471.